The summed E-state index contributed by atoms with van der Waals surface area (Å²) in [4.78, 5) is -2.25. The van der Waals surface area contributed by atoms with E-state index >= 15 is 0 Å². The summed E-state index contributed by atoms with van der Waals surface area (Å²) in [6.07, 6.45) is 1.02. The van der Waals surface area contributed by atoms with Gasteiger partial charge in [0.25, 0.3) is 0 Å². The highest BCUT2D eigenvalue weighted by molar-refractivity contribution is 9.10. The Morgan fingerprint density at radius 2 is 1.83 bits per heavy atom. The van der Waals surface area contributed by atoms with Crippen LogP contribution in [0.4, 0.5) is 8.78 Å². The van der Waals surface area contributed by atoms with E-state index in [0.717, 1.165) is 6.42 Å². The molecule has 0 aromatic heterocycles. The predicted molar refractivity (Wildman–Crippen MR) is 48.7 cm³/mol. The van der Waals surface area contributed by atoms with Crippen molar-refractivity contribution in [3.63, 3.8) is 0 Å². The molecule has 12 heavy (non-hydrogen) atoms. The van der Waals surface area contributed by atoms with Gasteiger partial charge in [-0.2, -0.15) is 8.78 Å². The Morgan fingerprint density at radius 1 is 1.17 bits per heavy atom. The monoisotopic (exact) mass is 300 g/mol. The first kappa shape index (κ1) is 8.16. The van der Waals surface area contributed by atoms with Gasteiger partial charge in [-0.05, 0) is 46.0 Å². The molecular formula is C8H8Br2F2. The van der Waals surface area contributed by atoms with E-state index in [-0.39, 0.29) is 5.92 Å². The molecule has 4 fully saturated rings. The Morgan fingerprint density at radius 3 is 2.00 bits per heavy atom. The van der Waals surface area contributed by atoms with E-state index in [1.54, 1.807) is 0 Å². The van der Waals surface area contributed by atoms with E-state index in [1.807, 2.05) is 0 Å². The summed E-state index contributed by atoms with van der Waals surface area (Å²) in [6, 6.07) is 0. The molecule has 0 aliphatic heterocycles. The fourth-order valence-electron chi connectivity index (χ4n) is 3.52. The third-order valence-electron chi connectivity index (χ3n) is 3.87. The largest absolute Gasteiger partial charge is 0.304 e. The molecule has 0 radical (unpaired) electrons. The van der Waals surface area contributed by atoms with Crippen molar-refractivity contribution in [3.05, 3.63) is 0 Å². The van der Waals surface area contributed by atoms with Gasteiger partial charge in [-0.1, -0.05) is 15.9 Å². The molecule has 6 atom stereocenters. The molecule has 0 aromatic carbocycles. The smallest absolute Gasteiger partial charge is 0.193 e. The Kier molecular flexibility index (Phi) is 1.41. The topological polar surface area (TPSA) is 0 Å². The fraction of sp³-hybridized carbons (Fsp3) is 1.00. The molecule has 4 aliphatic rings. The zero-order chi connectivity index (χ0) is 8.67. The predicted octanol–water partition coefficient (Wildman–Crippen LogP) is 3.25. The summed E-state index contributed by atoms with van der Waals surface area (Å²) in [6.45, 7) is 0. The van der Waals surface area contributed by atoms with Gasteiger partial charge in [0.2, 0.25) is 0 Å². The number of hydrogen-bond donors (Lipinski definition) is 0. The van der Waals surface area contributed by atoms with E-state index in [0.29, 0.717) is 22.6 Å². The number of hydrogen-bond acceptors (Lipinski definition) is 0. The molecule has 0 heterocycles. The Hall–Kier alpha value is 0.820. The third kappa shape index (κ3) is 0.770. The second-order valence-electron chi connectivity index (χ2n) is 4.23. The first-order valence-corrected chi connectivity index (χ1v) is 5.93. The average Bonchev–Trinajstić information content (AvgIpc) is 2.33. The molecule has 3 unspecified atom stereocenters. The Labute approximate surface area is 86.3 Å². The highest BCUT2D eigenvalue weighted by Gasteiger charge is 2.77. The summed E-state index contributed by atoms with van der Waals surface area (Å²) in [5.41, 5.74) is 0. The molecule has 0 amide bonds. The van der Waals surface area contributed by atoms with Crippen LogP contribution in [0.3, 0.4) is 0 Å². The molecule has 4 rings (SSSR count). The average molecular weight is 302 g/mol. The minimum atomic E-state index is -2.63. The van der Waals surface area contributed by atoms with Gasteiger partial charge in [0, 0.05) is 10.7 Å². The van der Waals surface area contributed by atoms with Crippen LogP contribution in [0.5, 0.6) is 0 Å². The van der Waals surface area contributed by atoms with E-state index in [2.05, 4.69) is 31.9 Å². The van der Waals surface area contributed by atoms with Crippen LogP contribution in [0, 0.1) is 29.6 Å². The van der Waals surface area contributed by atoms with Crippen molar-refractivity contribution in [1.29, 1.82) is 0 Å². The van der Waals surface area contributed by atoms with Crippen LogP contribution in [0.15, 0.2) is 0 Å². The summed E-state index contributed by atoms with van der Waals surface area (Å²) in [5, 5.41) is 0. The minimum absolute atomic E-state index is 0.222. The normalized spacial score (nSPS) is 61.0. The highest BCUT2D eigenvalue weighted by atomic mass is 79.9. The zero-order valence-electron chi connectivity index (χ0n) is 6.18. The van der Waals surface area contributed by atoms with Crippen molar-refractivity contribution in [2.45, 2.75) is 16.1 Å². The van der Waals surface area contributed by atoms with Crippen molar-refractivity contribution in [2.75, 3.05) is 0 Å². The van der Waals surface area contributed by atoms with Crippen LogP contribution in [0.1, 0.15) is 6.42 Å². The lowest BCUT2D eigenvalue weighted by atomic mass is 9.99. The molecule has 0 saturated heterocycles. The maximum absolute atomic E-state index is 13.1. The maximum atomic E-state index is 13.1. The third-order valence-corrected chi connectivity index (χ3v) is 5.69. The summed E-state index contributed by atoms with van der Waals surface area (Å²) >= 11 is 6.04. The SMILES string of the molecule is FC(F)(Br)[C@@H]1C2C3C[C@@H]1[C@H](Br)C32. The summed E-state index contributed by atoms with van der Waals surface area (Å²) < 4.78 is 26.1. The molecule has 0 spiro atoms. The molecule has 4 saturated carbocycles. The van der Waals surface area contributed by atoms with Gasteiger partial charge in [0.15, 0.2) is 0 Å². The van der Waals surface area contributed by atoms with Crippen LogP contribution in [0.25, 0.3) is 0 Å². The van der Waals surface area contributed by atoms with E-state index in [1.165, 1.54) is 0 Å². The molecule has 68 valence electrons. The zero-order valence-corrected chi connectivity index (χ0v) is 9.36. The molecule has 4 heteroatoms. The molecule has 4 aliphatic carbocycles. The Balaban J connectivity index is 1.94. The lowest BCUT2D eigenvalue weighted by Crippen LogP contribution is -2.26. The Bertz CT molecular complexity index is 238. The lowest BCUT2D eigenvalue weighted by Gasteiger charge is -2.21. The first-order valence-electron chi connectivity index (χ1n) is 4.22. The van der Waals surface area contributed by atoms with Crippen LogP contribution in [-0.4, -0.2) is 9.66 Å². The van der Waals surface area contributed by atoms with Crippen LogP contribution in [-0.2, 0) is 0 Å². The standard InChI is InChI=1S/C8H8Br2F2/c9-7-3-1-2-4(5(2)7)6(3)8(10,11)12/h2-7H,1H2/t2?,3-,4?,5?,6-,7-/m0/s1. The molecule has 0 nitrogen and oxygen atoms in total. The molecule has 0 aromatic rings. The molecular weight excluding hydrogens is 294 g/mol. The van der Waals surface area contributed by atoms with E-state index in [4.69, 9.17) is 0 Å². The maximum Gasteiger partial charge on any atom is 0.304 e. The van der Waals surface area contributed by atoms with Crippen LogP contribution >= 0.6 is 31.9 Å². The number of rotatable bonds is 1. The van der Waals surface area contributed by atoms with Gasteiger partial charge in [0.1, 0.15) is 0 Å². The highest BCUT2D eigenvalue weighted by Crippen LogP contribution is 2.77. The van der Waals surface area contributed by atoms with E-state index < -0.39 is 10.7 Å². The van der Waals surface area contributed by atoms with Gasteiger partial charge >= 0.3 is 4.83 Å². The van der Waals surface area contributed by atoms with Crippen molar-refractivity contribution >= 4 is 31.9 Å². The van der Waals surface area contributed by atoms with Crippen molar-refractivity contribution < 1.29 is 8.78 Å². The second-order valence-corrected chi connectivity index (χ2v) is 6.34. The van der Waals surface area contributed by atoms with Gasteiger partial charge in [0.05, 0.1) is 0 Å². The van der Waals surface area contributed by atoms with Crippen LogP contribution in [0.2, 0.25) is 0 Å². The quantitative estimate of drug-likeness (QED) is 0.652. The van der Waals surface area contributed by atoms with Gasteiger partial charge < -0.3 is 0 Å². The van der Waals surface area contributed by atoms with Crippen LogP contribution < -0.4 is 0 Å². The fourth-order valence-corrected chi connectivity index (χ4v) is 5.45. The van der Waals surface area contributed by atoms with Gasteiger partial charge in [-0.3, -0.25) is 0 Å². The van der Waals surface area contributed by atoms with E-state index in [9.17, 15) is 8.78 Å². The van der Waals surface area contributed by atoms with Gasteiger partial charge in [-0.25, -0.2) is 0 Å². The van der Waals surface area contributed by atoms with Crippen molar-refractivity contribution in [1.82, 2.24) is 0 Å². The van der Waals surface area contributed by atoms with Crippen molar-refractivity contribution in [2.24, 2.45) is 29.6 Å². The first-order chi connectivity index (χ1) is 5.52. The van der Waals surface area contributed by atoms with Crippen molar-refractivity contribution in [3.8, 4) is 0 Å². The lowest BCUT2D eigenvalue weighted by molar-refractivity contribution is 0.0274. The molecule has 4 bridgehead atoms. The number of halogens is 4. The summed E-state index contributed by atoms with van der Waals surface area (Å²) in [7, 11) is 0. The molecule has 0 N–H and O–H groups in total. The number of alkyl halides is 4. The van der Waals surface area contributed by atoms with Gasteiger partial charge in [-0.15, -0.1) is 0 Å². The summed E-state index contributed by atoms with van der Waals surface area (Å²) in [5.74, 6) is 1.33. The second kappa shape index (κ2) is 2.08. The minimum Gasteiger partial charge on any atom is -0.193 e.